The van der Waals surface area contributed by atoms with E-state index in [0.29, 0.717) is 11.7 Å². The van der Waals surface area contributed by atoms with Crippen molar-refractivity contribution in [3.8, 4) is 0 Å². The van der Waals surface area contributed by atoms with Gasteiger partial charge in [-0.05, 0) is 22.3 Å². The third-order valence-corrected chi connectivity index (χ3v) is 4.78. The summed E-state index contributed by atoms with van der Waals surface area (Å²) in [6, 6.07) is 0. The van der Waals surface area contributed by atoms with Crippen molar-refractivity contribution in [2.24, 2.45) is 18.9 Å². The number of H-pyrrole nitrogens is 1. The van der Waals surface area contributed by atoms with E-state index in [1.807, 2.05) is 27.7 Å². The molecule has 11 nitrogen and oxygen atoms in total. The average Bonchev–Trinajstić information content (AvgIpc) is 3.00. The first-order valence-electron chi connectivity index (χ1n) is 8.89. The Hall–Kier alpha value is -2.63. The van der Waals surface area contributed by atoms with Crippen molar-refractivity contribution in [3.63, 3.8) is 0 Å². The molecule has 2 rings (SSSR count). The number of rotatable bonds is 8. The lowest BCUT2D eigenvalue weighted by molar-refractivity contribution is -0.116. The van der Waals surface area contributed by atoms with Crippen LogP contribution in [0.15, 0.2) is 14.7 Å². The summed E-state index contributed by atoms with van der Waals surface area (Å²) in [5.74, 6) is -0.111. The number of anilines is 2. The zero-order chi connectivity index (χ0) is 21.0. The Kier molecular flexibility index (Phi) is 7.00. The predicted octanol–water partition coefficient (Wildman–Crippen LogP) is 0.0796. The van der Waals surface area contributed by atoms with E-state index in [1.165, 1.54) is 14.1 Å². The molecule has 154 valence electrons. The molecular weight excluding hydrogens is 384 g/mol. The van der Waals surface area contributed by atoms with Gasteiger partial charge in [-0.15, -0.1) is 5.10 Å². The van der Waals surface area contributed by atoms with E-state index < -0.39 is 11.2 Å². The maximum absolute atomic E-state index is 12.9. The first-order valence-corrected chi connectivity index (χ1v) is 9.88. The van der Waals surface area contributed by atoms with Crippen molar-refractivity contribution in [1.82, 2.24) is 29.8 Å². The highest BCUT2D eigenvalue weighted by Crippen LogP contribution is 2.21. The van der Waals surface area contributed by atoms with Crippen LogP contribution in [-0.4, -0.2) is 48.0 Å². The molecule has 0 aliphatic rings. The number of hydrogen-bond donors (Lipinski definition) is 2. The third-order valence-electron chi connectivity index (χ3n) is 3.79. The molecule has 2 aromatic rings. The zero-order valence-corrected chi connectivity index (χ0v) is 17.5. The number of aromatic amines is 1. The van der Waals surface area contributed by atoms with Crippen LogP contribution >= 0.6 is 11.8 Å². The molecule has 0 bridgehead atoms. The molecule has 0 saturated heterocycles. The van der Waals surface area contributed by atoms with Gasteiger partial charge in [-0.1, -0.05) is 39.5 Å². The van der Waals surface area contributed by atoms with Gasteiger partial charge >= 0.3 is 5.69 Å². The fourth-order valence-electron chi connectivity index (χ4n) is 2.62. The number of aromatic nitrogens is 6. The molecule has 0 aliphatic heterocycles. The van der Waals surface area contributed by atoms with Crippen molar-refractivity contribution < 1.29 is 4.79 Å². The smallest absolute Gasteiger partial charge is 0.330 e. The van der Waals surface area contributed by atoms with Crippen LogP contribution in [-0.2, 0) is 18.4 Å². The molecule has 0 saturated carbocycles. The number of carbonyl (C=O) groups excluding carboxylic acids is 1. The molecule has 0 aliphatic carbocycles. The first kappa shape index (κ1) is 21.7. The number of nitrogens with one attached hydrogen (secondary N) is 1. The van der Waals surface area contributed by atoms with E-state index in [0.717, 1.165) is 11.8 Å². The van der Waals surface area contributed by atoms with Gasteiger partial charge in [-0.25, -0.2) is 9.48 Å². The molecule has 2 aromatic heterocycles. The van der Waals surface area contributed by atoms with Gasteiger partial charge in [0.05, 0.1) is 5.75 Å². The van der Waals surface area contributed by atoms with Gasteiger partial charge in [-0.2, -0.15) is 0 Å². The number of amides is 1. The van der Waals surface area contributed by atoms with Gasteiger partial charge in [0.15, 0.2) is 5.69 Å². The maximum Gasteiger partial charge on any atom is 0.330 e. The van der Waals surface area contributed by atoms with E-state index in [1.54, 1.807) is 7.05 Å². The second-order valence-corrected chi connectivity index (χ2v) is 8.21. The van der Waals surface area contributed by atoms with E-state index in [2.05, 4.69) is 20.5 Å². The highest BCUT2D eigenvalue weighted by Gasteiger charge is 2.25. The third kappa shape index (κ3) is 5.00. The number of nitrogens with two attached hydrogens (primary N) is 1. The lowest BCUT2D eigenvalue weighted by atomic mass is 10.2. The molecule has 2 heterocycles. The van der Waals surface area contributed by atoms with Gasteiger partial charge < -0.3 is 10.6 Å². The molecule has 0 spiro atoms. The van der Waals surface area contributed by atoms with Crippen LogP contribution in [0.5, 0.6) is 0 Å². The summed E-state index contributed by atoms with van der Waals surface area (Å²) in [4.78, 5) is 41.3. The van der Waals surface area contributed by atoms with Crippen LogP contribution in [0, 0.1) is 11.8 Å². The topological polar surface area (TPSA) is 145 Å². The standard InChI is InChI=1S/C16H26N8O3S/c1-9(2)6-23(11(25)8-28-16-19-20-21-22(16)5)12-13(17)24(7-10(3)4)15(27)18-14(12)26/h9-10H,6-8,17H2,1-5H3,(H,18,26,27). The molecule has 0 radical (unpaired) electrons. The highest BCUT2D eigenvalue weighted by molar-refractivity contribution is 7.99. The second-order valence-electron chi connectivity index (χ2n) is 7.27. The van der Waals surface area contributed by atoms with Gasteiger partial charge in [0.25, 0.3) is 5.56 Å². The summed E-state index contributed by atoms with van der Waals surface area (Å²) >= 11 is 1.16. The Labute approximate surface area is 166 Å². The second kappa shape index (κ2) is 9.04. The Morgan fingerprint density at radius 3 is 2.46 bits per heavy atom. The fourth-order valence-corrected chi connectivity index (χ4v) is 3.34. The average molecular weight is 411 g/mol. The van der Waals surface area contributed by atoms with E-state index in [-0.39, 0.29) is 41.5 Å². The van der Waals surface area contributed by atoms with Crippen LogP contribution < -0.4 is 21.9 Å². The Morgan fingerprint density at radius 1 is 1.25 bits per heavy atom. The molecule has 0 fully saturated rings. The SMILES string of the molecule is CC(C)CN(C(=O)CSc1nnnn1C)c1c(N)n(CC(C)C)c(=O)[nH]c1=O. The number of tetrazole rings is 1. The van der Waals surface area contributed by atoms with Crippen molar-refractivity contribution in [2.75, 3.05) is 22.9 Å². The molecule has 28 heavy (non-hydrogen) atoms. The summed E-state index contributed by atoms with van der Waals surface area (Å²) in [6.45, 7) is 8.32. The lowest BCUT2D eigenvalue weighted by Gasteiger charge is -2.26. The lowest BCUT2D eigenvalue weighted by Crippen LogP contribution is -2.43. The minimum absolute atomic E-state index is 0.00404. The molecule has 0 unspecified atom stereocenters. The van der Waals surface area contributed by atoms with Crippen LogP contribution in [0.1, 0.15) is 27.7 Å². The number of aryl methyl sites for hydroxylation is 1. The molecule has 3 N–H and O–H groups in total. The number of nitrogens with zero attached hydrogens (tertiary/aromatic N) is 6. The van der Waals surface area contributed by atoms with Gasteiger partial charge in [0.1, 0.15) is 5.82 Å². The van der Waals surface area contributed by atoms with Crippen LogP contribution in [0.3, 0.4) is 0 Å². The van der Waals surface area contributed by atoms with Crippen LogP contribution in [0.4, 0.5) is 11.5 Å². The molecule has 0 atom stereocenters. The normalized spacial score (nSPS) is 11.4. The largest absolute Gasteiger partial charge is 0.383 e. The summed E-state index contributed by atoms with van der Waals surface area (Å²) in [6.07, 6.45) is 0. The maximum atomic E-state index is 12.9. The minimum Gasteiger partial charge on any atom is -0.383 e. The van der Waals surface area contributed by atoms with E-state index >= 15 is 0 Å². The van der Waals surface area contributed by atoms with Crippen molar-refractivity contribution in [3.05, 3.63) is 20.8 Å². The Bertz CT molecular complexity index is 946. The molecule has 0 aromatic carbocycles. The highest BCUT2D eigenvalue weighted by atomic mass is 32.2. The minimum atomic E-state index is -0.679. The van der Waals surface area contributed by atoms with Crippen molar-refractivity contribution in [2.45, 2.75) is 39.4 Å². The summed E-state index contributed by atoms with van der Waals surface area (Å²) in [7, 11) is 1.67. The van der Waals surface area contributed by atoms with E-state index in [9.17, 15) is 14.4 Å². The van der Waals surface area contributed by atoms with Gasteiger partial charge in [-0.3, -0.25) is 19.1 Å². The molecular formula is C16H26N8O3S. The summed E-state index contributed by atoms with van der Waals surface area (Å²) in [5.41, 5.74) is 4.90. The summed E-state index contributed by atoms with van der Waals surface area (Å²) in [5, 5.41) is 11.6. The predicted molar refractivity (Wildman–Crippen MR) is 107 cm³/mol. The van der Waals surface area contributed by atoms with Crippen LogP contribution in [0.25, 0.3) is 0 Å². The van der Waals surface area contributed by atoms with Crippen molar-refractivity contribution in [1.29, 1.82) is 0 Å². The number of nitrogen functional groups attached to an aromatic ring is 1. The Morgan fingerprint density at radius 2 is 1.93 bits per heavy atom. The number of hydrogen-bond acceptors (Lipinski definition) is 8. The monoisotopic (exact) mass is 410 g/mol. The van der Waals surface area contributed by atoms with E-state index in [4.69, 9.17) is 5.73 Å². The molecule has 1 amide bonds. The first-order chi connectivity index (χ1) is 13.1. The number of carbonyl (C=O) groups is 1. The summed E-state index contributed by atoms with van der Waals surface area (Å²) < 4.78 is 2.75. The van der Waals surface area contributed by atoms with Gasteiger partial charge in [0, 0.05) is 20.1 Å². The Balaban J connectivity index is 2.41. The quantitative estimate of drug-likeness (QED) is 0.582. The van der Waals surface area contributed by atoms with Crippen LogP contribution in [0.2, 0.25) is 0 Å². The molecule has 12 heteroatoms. The van der Waals surface area contributed by atoms with Gasteiger partial charge in [0.2, 0.25) is 11.1 Å². The fraction of sp³-hybridized carbons (Fsp3) is 0.625. The number of thioether (sulfide) groups is 1. The van der Waals surface area contributed by atoms with Crippen molar-refractivity contribution >= 4 is 29.2 Å². The zero-order valence-electron chi connectivity index (χ0n) is 16.7.